The van der Waals surface area contributed by atoms with Gasteiger partial charge in [-0.3, -0.25) is 9.48 Å². The minimum absolute atomic E-state index is 0.0300. The third kappa shape index (κ3) is 3.28. The zero-order chi connectivity index (χ0) is 17.3. The molecule has 0 radical (unpaired) electrons. The summed E-state index contributed by atoms with van der Waals surface area (Å²) in [6.07, 6.45) is 3.40. The molecule has 0 N–H and O–H groups in total. The molecule has 126 valence electrons. The van der Waals surface area contributed by atoms with Crippen LogP contribution >= 0.6 is 11.6 Å². The molecular weight excluding hydrogens is 330 g/mol. The van der Waals surface area contributed by atoms with Crippen molar-refractivity contribution in [1.29, 1.82) is 0 Å². The number of hydrogen-bond donors (Lipinski definition) is 0. The van der Waals surface area contributed by atoms with Crippen molar-refractivity contribution in [1.82, 2.24) is 14.7 Å². The van der Waals surface area contributed by atoms with E-state index < -0.39 is 5.97 Å². The van der Waals surface area contributed by atoms with E-state index in [0.29, 0.717) is 17.0 Å². The number of halogens is 1. The second-order valence-electron chi connectivity index (χ2n) is 5.97. The molecule has 1 fully saturated rings. The van der Waals surface area contributed by atoms with Gasteiger partial charge >= 0.3 is 5.97 Å². The smallest absolute Gasteiger partial charge is 0.341 e. The van der Waals surface area contributed by atoms with Crippen molar-refractivity contribution >= 4 is 23.5 Å². The first-order valence-electron chi connectivity index (χ1n) is 7.62. The average Bonchev–Trinajstić information content (AvgIpc) is 3.09. The number of likely N-dealkylation sites (tertiary alicyclic amines) is 1. The van der Waals surface area contributed by atoms with Gasteiger partial charge in [-0.05, 0) is 17.7 Å². The molecule has 0 unspecified atom stereocenters. The Morgan fingerprint density at radius 3 is 2.88 bits per heavy atom. The number of benzene rings is 1. The Kier molecular flexibility index (Phi) is 4.57. The molecule has 2 heterocycles. The number of carbonyl (C=O) groups is 2. The SMILES string of the molecule is CN1C(=O)C[C@@H](COC(=O)c2cnn(C)c2)[C@@H]1c1cccc(Cl)c1. The van der Waals surface area contributed by atoms with Crippen LogP contribution < -0.4 is 0 Å². The average molecular weight is 348 g/mol. The Morgan fingerprint density at radius 1 is 1.42 bits per heavy atom. The maximum atomic E-state index is 12.1. The number of hydrogen-bond acceptors (Lipinski definition) is 4. The van der Waals surface area contributed by atoms with Crippen LogP contribution in [-0.4, -0.2) is 40.2 Å². The van der Waals surface area contributed by atoms with Gasteiger partial charge in [0.15, 0.2) is 0 Å². The monoisotopic (exact) mass is 347 g/mol. The number of aromatic nitrogens is 2. The molecule has 0 bridgehead atoms. The molecule has 1 saturated heterocycles. The van der Waals surface area contributed by atoms with Gasteiger partial charge in [-0.15, -0.1) is 0 Å². The maximum Gasteiger partial charge on any atom is 0.341 e. The number of carbonyl (C=O) groups excluding carboxylic acids is 2. The Balaban J connectivity index is 1.73. The van der Waals surface area contributed by atoms with E-state index in [0.717, 1.165) is 5.56 Å². The lowest BCUT2D eigenvalue weighted by molar-refractivity contribution is -0.127. The van der Waals surface area contributed by atoms with Crippen LogP contribution in [0.3, 0.4) is 0 Å². The number of rotatable bonds is 4. The minimum atomic E-state index is -0.435. The Labute approximate surface area is 145 Å². The summed E-state index contributed by atoms with van der Waals surface area (Å²) >= 11 is 6.07. The lowest BCUT2D eigenvalue weighted by Crippen LogP contribution is -2.26. The second-order valence-corrected chi connectivity index (χ2v) is 6.41. The number of amides is 1. The van der Waals surface area contributed by atoms with Gasteiger partial charge in [0.25, 0.3) is 0 Å². The predicted octanol–water partition coefficient (Wildman–Crippen LogP) is 2.45. The molecular formula is C17H18ClN3O3. The van der Waals surface area contributed by atoms with E-state index in [9.17, 15) is 9.59 Å². The zero-order valence-electron chi connectivity index (χ0n) is 13.5. The van der Waals surface area contributed by atoms with Gasteiger partial charge in [-0.1, -0.05) is 23.7 Å². The molecule has 3 rings (SSSR count). The van der Waals surface area contributed by atoms with Crippen LogP contribution in [0.25, 0.3) is 0 Å². The first-order chi connectivity index (χ1) is 11.5. The van der Waals surface area contributed by atoms with Gasteiger partial charge in [0.05, 0.1) is 24.4 Å². The van der Waals surface area contributed by atoms with Crippen molar-refractivity contribution < 1.29 is 14.3 Å². The topological polar surface area (TPSA) is 64.4 Å². The van der Waals surface area contributed by atoms with Crippen molar-refractivity contribution in [3.05, 3.63) is 52.8 Å². The molecule has 1 aliphatic heterocycles. The lowest BCUT2D eigenvalue weighted by atomic mass is 9.94. The third-order valence-corrected chi connectivity index (χ3v) is 4.49. The van der Waals surface area contributed by atoms with Crippen LogP contribution in [0.2, 0.25) is 5.02 Å². The number of nitrogens with zero attached hydrogens (tertiary/aromatic N) is 3. The summed E-state index contributed by atoms with van der Waals surface area (Å²) in [5.74, 6) is -0.515. The normalized spacial score (nSPS) is 20.5. The summed E-state index contributed by atoms with van der Waals surface area (Å²) in [4.78, 5) is 25.9. The minimum Gasteiger partial charge on any atom is -0.462 e. The van der Waals surface area contributed by atoms with Gasteiger partial charge in [0, 0.05) is 37.7 Å². The van der Waals surface area contributed by atoms with Gasteiger partial charge in [0.2, 0.25) is 5.91 Å². The third-order valence-electron chi connectivity index (χ3n) is 4.25. The molecule has 7 heteroatoms. The largest absolute Gasteiger partial charge is 0.462 e. The number of esters is 1. The molecule has 6 nitrogen and oxygen atoms in total. The van der Waals surface area contributed by atoms with Gasteiger partial charge in [-0.25, -0.2) is 4.79 Å². The van der Waals surface area contributed by atoms with Crippen LogP contribution in [0.5, 0.6) is 0 Å². The molecule has 2 aromatic rings. The van der Waals surface area contributed by atoms with E-state index in [-0.39, 0.29) is 24.5 Å². The van der Waals surface area contributed by atoms with Gasteiger partial charge in [-0.2, -0.15) is 5.10 Å². The van der Waals surface area contributed by atoms with Gasteiger partial charge in [0.1, 0.15) is 0 Å². The van der Waals surface area contributed by atoms with Crippen LogP contribution in [0.1, 0.15) is 28.4 Å². The molecule has 24 heavy (non-hydrogen) atoms. The summed E-state index contributed by atoms with van der Waals surface area (Å²) in [6, 6.07) is 7.27. The van der Waals surface area contributed by atoms with E-state index in [1.807, 2.05) is 18.2 Å². The van der Waals surface area contributed by atoms with Crippen LogP contribution in [0, 0.1) is 5.92 Å². The molecule has 1 aliphatic rings. The summed E-state index contributed by atoms with van der Waals surface area (Å²) in [5, 5.41) is 4.57. The second kappa shape index (κ2) is 6.65. The highest BCUT2D eigenvalue weighted by atomic mass is 35.5. The molecule has 0 aliphatic carbocycles. The fourth-order valence-corrected chi connectivity index (χ4v) is 3.28. The summed E-state index contributed by atoms with van der Waals surface area (Å²) < 4.78 is 6.94. The first-order valence-corrected chi connectivity index (χ1v) is 8.00. The summed E-state index contributed by atoms with van der Waals surface area (Å²) in [5.41, 5.74) is 1.34. The lowest BCUT2D eigenvalue weighted by Gasteiger charge is -2.25. The number of ether oxygens (including phenoxy) is 1. The van der Waals surface area contributed by atoms with Gasteiger partial charge < -0.3 is 9.64 Å². The molecule has 0 saturated carbocycles. The van der Waals surface area contributed by atoms with E-state index in [1.54, 1.807) is 31.3 Å². The highest BCUT2D eigenvalue weighted by Gasteiger charge is 2.39. The van der Waals surface area contributed by atoms with Crippen molar-refractivity contribution in [2.75, 3.05) is 13.7 Å². The Bertz CT molecular complexity index is 774. The quantitative estimate of drug-likeness (QED) is 0.797. The first kappa shape index (κ1) is 16.5. The Hall–Kier alpha value is -2.34. The molecule has 1 amide bonds. The van der Waals surface area contributed by atoms with E-state index in [2.05, 4.69) is 5.10 Å². The van der Waals surface area contributed by atoms with Crippen molar-refractivity contribution in [3.8, 4) is 0 Å². The van der Waals surface area contributed by atoms with E-state index >= 15 is 0 Å². The van der Waals surface area contributed by atoms with Crippen LogP contribution in [0.15, 0.2) is 36.7 Å². The molecule has 2 atom stereocenters. The molecule has 0 spiro atoms. The fraction of sp³-hybridized carbons (Fsp3) is 0.353. The molecule has 1 aromatic heterocycles. The van der Waals surface area contributed by atoms with Crippen molar-refractivity contribution in [2.45, 2.75) is 12.5 Å². The highest BCUT2D eigenvalue weighted by Crippen LogP contribution is 2.37. The van der Waals surface area contributed by atoms with Crippen molar-refractivity contribution in [2.24, 2.45) is 13.0 Å². The van der Waals surface area contributed by atoms with Crippen molar-refractivity contribution in [3.63, 3.8) is 0 Å². The van der Waals surface area contributed by atoms with Crippen LogP contribution in [0.4, 0.5) is 0 Å². The standard InChI is InChI=1S/C17H18ClN3O3/c1-20-9-13(8-19-20)17(23)24-10-12-7-15(22)21(2)16(12)11-4-3-5-14(18)6-11/h3-6,8-9,12,16H,7,10H2,1-2H3/t12-,16-/m0/s1. The summed E-state index contributed by atoms with van der Waals surface area (Å²) in [6.45, 7) is 0.168. The number of aryl methyl sites for hydroxylation is 1. The fourth-order valence-electron chi connectivity index (χ4n) is 3.08. The summed E-state index contributed by atoms with van der Waals surface area (Å²) in [7, 11) is 3.49. The highest BCUT2D eigenvalue weighted by molar-refractivity contribution is 6.30. The predicted molar refractivity (Wildman–Crippen MR) is 88.6 cm³/mol. The molecule has 1 aromatic carbocycles. The van der Waals surface area contributed by atoms with E-state index in [1.165, 1.54) is 10.9 Å². The zero-order valence-corrected chi connectivity index (χ0v) is 14.2. The van der Waals surface area contributed by atoms with E-state index in [4.69, 9.17) is 16.3 Å². The van der Waals surface area contributed by atoms with Crippen LogP contribution in [-0.2, 0) is 16.6 Å². The Morgan fingerprint density at radius 2 is 2.21 bits per heavy atom. The maximum absolute atomic E-state index is 12.1.